The molecule has 0 bridgehead atoms. The summed E-state index contributed by atoms with van der Waals surface area (Å²) in [5, 5.41) is 13.5. The summed E-state index contributed by atoms with van der Waals surface area (Å²) in [6, 6.07) is 8.67. The lowest BCUT2D eigenvalue weighted by molar-refractivity contribution is 0.0955. The molecule has 4 nitrogen and oxygen atoms in total. The number of phenols is 1. The van der Waals surface area contributed by atoms with Gasteiger partial charge in [-0.25, -0.2) is 9.82 Å². The molecule has 2 rings (SSSR count). The molecular formula is C14H9FI2N2O2. The summed E-state index contributed by atoms with van der Waals surface area (Å²) >= 11 is 4.03. The van der Waals surface area contributed by atoms with Crippen molar-refractivity contribution in [3.63, 3.8) is 0 Å². The molecule has 0 aliphatic carbocycles. The standard InChI is InChI=1S/C14H9FI2N2O2/c15-10-3-1-9(2-4-10)14(21)19-18-7-8-5-11(16)13(20)12(17)6-8/h1-7,20H,(H,19,21)/b18-7+. The number of carbonyl (C=O) groups excluding carboxylic acids is 1. The van der Waals surface area contributed by atoms with E-state index in [9.17, 15) is 14.3 Å². The molecular weight excluding hydrogens is 501 g/mol. The van der Waals surface area contributed by atoms with Crippen LogP contribution in [0.3, 0.4) is 0 Å². The molecule has 0 saturated carbocycles. The lowest BCUT2D eigenvalue weighted by atomic mass is 10.2. The van der Waals surface area contributed by atoms with Gasteiger partial charge in [-0.15, -0.1) is 0 Å². The van der Waals surface area contributed by atoms with Crippen molar-refractivity contribution in [3.8, 4) is 5.75 Å². The number of aromatic hydroxyl groups is 1. The average molecular weight is 510 g/mol. The number of carbonyl (C=O) groups is 1. The van der Waals surface area contributed by atoms with Crippen LogP contribution in [-0.2, 0) is 0 Å². The van der Waals surface area contributed by atoms with Crippen molar-refractivity contribution >= 4 is 57.3 Å². The molecule has 2 aromatic rings. The van der Waals surface area contributed by atoms with E-state index < -0.39 is 11.7 Å². The summed E-state index contributed by atoms with van der Waals surface area (Å²) in [5.74, 6) is -0.596. The van der Waals surface area contributed by atoms with E-state index in [1.54, 1.807) is 12.1 Å². The fourth-order valence-electron chi connectivity index (χ4n) is 1.49. The number of amides is 1. The molecule has 0 unspecified atom stereocenters. The van der Waals surface area contributed by atoms with Crippen molar-refractivity contribution in [2.24, 2.45) is 5.10 Å². The van der Waals surface area contributed by atoms with Crippen molar-refractivity contribution < 1.29 is 14.3 Å². The Morgan fingerprint density at radius 3 is 2.33 bits per heavy atom. The largest absolute Gasteiger partial charge is 0.506 e. The number of phenolic OH excluding ortho intramolecular Hbond substituents is 1. The van der Waals surface area contributed by atoms with Crippen LogP contribution in [-0.4, -0.2) is 17.2 Å². The molecule has 0 heterocycles. The van der Waals surface area contributed by atoms with Crippen LogP contribution in [0.5, 0.6) is 5.75 Å². The SMILES string of the molecule is O=C(N/N=C/c1cc(I)c(O)c(I)c1)c1ccc(F)cc1. The van der Waals surface area contributed by atoms with Gasteiger partial charge in [0.05, 0.1) is 13.4 Å². The molecule has 0 aliphatic rings. The number of nitrogens with one attached hydrogen (secondary N) is 1. The molecule has 0 saturated heterocycles. The lowest BCUT2D eigenvalue weighted by Gasteiger charge is -2.02. The van der Waals surface area contributed by atoms with Crippen LogP contribution in [0.4, 0.5) is 4.39 Å². The second-order valence-electron chi connectivity index (χ2n) is 4.04. The molecule has 0 spiro atoms. The number of hydrazone groups is 1. The third-order valence-electron chi connectivity index (χ3n) is 2.53. The molecule has 7 heteroatoms. The molecule has 2 N–H and O–H groups in total. The third-order valence-corrected chi connectivity index (χ3v) is 4.17. The Balaban J connectivity index is 2.05. The van der Waals surface area contributed by atoms with Gasteiger partial charge in [0.1, 0.15) is 11.6 Å². The van der Waals surface area contributed by atoms with Crippen molar-refractivity contribution in [2.75, 3.05) is 0 Å². The van der Waals surface area contributed by atoms with Crippen molar-refractivity contribution in [1.29, 1.82) is 0 Å². The van der Waals surface area contributed by atoms with Crippen molar-refractivity contribution in [2.45, 2.75) is 0 Å². The summed E-state index contributed by atoms with van der Waals surface area (Å²) in [4.78, 5) is 11.7. The highest BCUT2D eigenvalue weighted by Crippen LogP contribution is 2.26. The fourth-order valence-corrected chi connectivity index (χ4v) is 3.31. The molecule has 0 atom stereocenters. The minimum Gasteiger partial charge on any atom is -0.506 e. The van der Waals surface area contributed by atoms with Crippen LogP contribution in [0.1, 0.15) is 15.9 Å². The third kappa shape index (κ3) is 4.37. The number of nitrogens with zero attached hydrogens (tertiary/aromatic N) is 1. The Kier molecular flexibility index (Phi) is 5.51. The van der Waals surface area contributed by atoms with Gasteiger partial charge in [-0.1, -0.05) is 0 Å². The molecule has 108 valence electrons. The average Bonchev–Trinajstić information content (AvgIpc) is 2.45. The van der Waals surface area contributed by atoms with E-state index in [0.717, 1.165) is 5.56 Å². The fraction of sp³-hybridized carbons (Fsp3) is 0. The second-order valence-corrected chi connectivity index (χ2v) is 6.36. The Bertz CT molecular complexity index is 680. The van der Waals surface area contributed by atoms with E-state index in [4.69, 9.17) is 0 Å². The number of benzene rings is 2. The van der Waals surface area contributed by atoms with Gasteiger partial charge >= 0.3 is 0 Å². The molecule has 0 aromatic heterocycles. The number of halogens is 3. The highest BCUT2D eigenvalue weighted by Gasteiger charge is 2.05. The van der Waals surface area contributed by atoms with Gasteiger partial charge in [0, 0.05) is 5.56 Å². The summed E-state index contributed by atoms with van der Waals surface area (Å²) in [6.45, 7) is 0. The van der Waals surface area contributed by atoms with E-state index in [-0.39, 0.29) is 5.75 Å². The van der Waals surface area contributed by atoms with Crippen molar-refractivity contribution in [3.05, 3.63) is 60.5 Å². The van der Waals surface area contributed by atoms with E-state index >= 15 is 0 Å². The van der Waals surface area contributed by atoms with Gasteiger partial charge < -0.3 is 5.11 Å². The maximum absolute atomic E-state index is 12.7. The molecule has 0 aliphatic heterocycles. The Morgan fingerprint density at radius 2 is 1.76 bits per heavy atom. The summed E-state index contributed by atoms with van der Waals surface area (Å²) in [6.07, 6.45) is 1.48. The van der Waals surface area contributed by atoms with E-state index in [2.05, 4.69) is 10.5 Å². The van der Waals surface area contributed by atoms with Crippen LogP contribution in [0.15, 0.2) is 41.5 Å². The van der Waals surface area contributed by atoms with Gasteiger partial charge in [0.2, 0.25) is 0 Å². The number of hydrogen-bond acceptors (Lipinski definition) is 3. The van der Waals surface area contributed by atoms with Crippen LogP contribution >= 0.6 is 45.2 Å². The van der Waals surface area contributed by atoms with E-state index in [0.29, 0.717) is 12.7 Å². The maximum atomic E-state index is 12.7. The first kappa shape index (κ1) is 16.1. The molecule has 21 heavy (non-hydrogen) atoms. The zero-order chi connectivity index (χ0) is 15.4. The lowest BCUT2D eigenvalue weighted by Crippen LogP contribution is -2.17. The number of hydrogen-bond donors (Lipinski definition) is 2. The van der Waals surface area contributed by atoms with Crippen LogP contribution in [0.2, 0.25) is 0 Å². The Labute approximate surface area is 147 Å². The summed E-state index contributed by atoms with van der Waals surface area (Å²) < 4.78 is 14.1. The molecule has 1 amide bonds. The highest BCUT2D eigenvalue weighted by molar-refractivity contribution is 14.1. The van der Waals surface area contributed by atoms with Gasteiger partial charge in [-0.2, -0.15) is 5.10 Å². The van der Waals surface area contributed by atoms with E-state index in [1.807, 2.05) is 45.2 Å². The van der Waals surface area contributed by atoms with Crippen LogP contribution < -0.4 is 5.43 Å². The monoisotopic (exact) mass is 510 g/mol. The predicted octanol–water partition coefficient (Wildman–Crippen LogP) is 3.50. The zero-order valence-corrected chi connectivity index (χ0v) is 14.8. The van der Waals surface area contributed by atoms with Crippen LogP contribution in [0, 0.1) is 13.0 Å². The van der Waals surface area contributed by atoms with Crippen molar-refractivity contribution in [1.82, 2.24) is 5.43 Å². The summed E-state index contributed by atoms with van der Waals surface area (Å²) in [7, 11) is 0. The van der Waals surface area contributed by atoms with Gasteiger partial charge in [-0.3, -0.25) is 4.79 Å². The molecule has 2 aromatic carbocycles. The Morgan fingerprint density at radius 1 is 1.19 bits per heavy atom. The zero-order valence-electron chi connectivity index (χ0n) is 10.5. The van der Waals surface area contributed by atoms with Gasteiger partial charge in [-0.05, 0) is 87.1 Å². The smallest absolute Gasteiger partial charge is 0.271 e. The van der Waals surface area contributed by atoms with Crippen LogP contribution in [0.25, 0.3) is 0 Å². The predicted molar refractivity (Wildman–Crippen MR) is 95.0 cm³/mol. The first-order valence-electron chi connectivity index (χ1n) is 5.74. The minimum atomic E-state index is -0.422. The molecule has 0 fully saturated rings. The first-order valence-corrected chi connectivity index (χ1v) is 7.90. The summed E-state index contributed by atoms with van der Waals surface area (Å²) in [5.41, 5.74) is 3.43. The molecule has 0 radical (unpaired) electrons. The van der Waals surface area contributed by atoms with Gasteiger partial charge in [0.15, 0.2) is 0 Å². The minimum absolute atomic E-state index is 0.226. The quantitative estimate of drug-likeness (QED) is 0.378. The van der Waals surface area contributed by atoms with E-state index in [1.165, 1.54) is 30.5 Å². The number of rotatable bonds is 3. The maximum Gasteiger partial charge on any atom is 0.271 e. The Hall–Kier alpha value is -1.23. The second kappa shape index (κ2) is 7.16. The van der Waals surface area contributed by atoms with Gasteiger partial charge in [0.25, 0.3) is 5.91 Å². The highest BCUT2D eigenvalue weighted by atomic mass is 127. The normalized spacial score (nSPS) is 10.8. The topological polar surface area (TPSA) is 61.7 Å². The first-order chi connectivity index (χ1) is 9.97.